The lowest BCUT2D eigenvalue weighted by Crippen LogP contribution is -2.41. The van der Waals surface area contributed by atoms with Crippen LogP contribution in [0, 0.1) is 0 Å². The Bertz CT molecular complexity index is 973. The molecule has 1 aliphatic heterocycles. The first-order valence-electron chi connectivity index (χ1n) is 8.18. The number of thiophene rings is 1. The zero-order chi connectivity index (χ0) is 16.7. The number of H-pyrrole nitrogens is 1. The molecule has 0 radical (unpaired) electrons. The Kier molecular flexibility index (Phi) is 3.73. The first kappa shape index (κ1) is 15.1. The number of carbonyl (C=O) groups excluding carboxylic acids is 1. The smallest absolute Gasteiger partial charge is 0.259 e. The standard InChI is InChI=1S/C19H18N2O2S/c1-2-16-13-8-10-24-17(13)7-9-21(16)19(23)14-11-20-15-6-4-3-5-12(15)18(14)22/h3-6,8,10-11,16H,2,7,9H2,1H3,(H,20,22). The minimum absolute atomic E-state index is 0.0540. The average molecular weight is 338 g/mol. The van der Waals surface area contributed by atoms with Gasteiger partial charge in [-0.1, -0.05) is 19.1 Å². The summed E-state index contributed by atoms with van der Waals surface area (Å²) in [5.41, 5.74) is 2.02. The molecule has 24 heavy (non-hydrogen) atoms. The quantitative estimate of drug-likeness (QED) is 0.774. The normalized spacial score (nSPS) is 17.0. The molecular formula is C19H18N2O2S. The van der Waals surface area contributed by atoms with Crippen molar-refractivity contribution in [2.24, 2.45) is 0 Å². The summed E-state index contributed by atoms with van der Waals surface area (Å²) >= 11 is 1.75. The van der Waals surface area contributed by atoms with E-state index in [1.807, 2.05) is 23.1 Å². The average Bonchev–Trinajstić information content (AvgIpc) is 3.09. The van der Waals surface area contributed by atoms with E-state index in [0.29, 0.717) is 11.9 Å². The number of hydrogen-bond acceptors (Lipinski definition) is 3. The number of rotatable bonds is 2. The van der Waals surface area contributed by atoms with Crippen molar-refractivity contribution in [1.82, 2.24) is 9.88 Å². The molecule has 0 bridgehead atoms. The van der Waals surface area contributed by atoms with E-state index in [1.165, 1.54) is 10.4 Å². The largest absolute Gasteiger partial charge is 0.360 e. The molecule has 3 heterocycles. The molecule has 4 nitrogen and oxygen atoms in total. The van der Waals surface area contributed by atoms with Crippen LogP contribution in [0.15, 0.2) is 46.7 Å². The van der Waals surface area contributed by atoms with Gasteiger partial charge in [-0.15, -0.1) is 11.3 Å². The summed E-state index contributed by atoms with van der Waals surface area (Å²) in [5, 5.41) is 2.65. The molecule has 0 fully saturated rings. The van der Waals surface area contributed by atoms with Crippen LogP contribution in [-0.4, -0.2) is 22.3 Å². The number of aromatic nitrogens is 1. The van der Waals surface area contributed by atoms with Crippen LogP contribution < -0.4 is 5.43 Å². The van der Waals surface area contributed by atoms with Crippen molar-refractivity contribution in [3.05, 3.63) is 68.1 Å². The van der Waals surface area contributed by atoms with Gasteiger partial charge in [-0.05, 0) is 42.0 Å². The zero-order valence-corrected chi connectivity index (χ0v) is 14.2. The van der Waals surface area contributed by atoms with Crippen LogP contribution in [0.5, 0.6) is 0 Å². The monoisotopic (exact) mass is 338 g/mol. The number of aromatic amines is 1. The number of pyridine rings is 1. The molecular weight excluding hydrogens is 320 g/mol. The van der Waals surface area contributed by atoms with E-state index in [4.69, 9.17) is 0 Å². The lowest BCUT2D eigenvalue weighted by Gasteiger charge is -2.35. The van der Waals surface area contributed by atoms with Gasteiger partial charge in [0, 0.05) is 28.5 Å². The van der Waals surface area contributed by atoms with Gasteiger partial charge in [-0.3, -0.25) is 9.59 Å². The number of fused-ring (bicyclic) bond motifs is 2. The highest BCUT2D eigenvalue weighted by atomic mass is 32.1. The number of hydrogen-bond donors (Lipinski definition) is 1. The van der Waals surface area contributed by atoms with Crippen LogP contribution >= 0.6 is 11.3 Å². The second-order valence-electron chi connectivity index (χ2n) is 6.05. The van der Waals surface area contributed by atoms with Gasteiger partial charge in [0.15, 0.2) is 0 Å². The van der Waals surface area contributed by atoms with E-state index >= 15 is 0 Å². The molecule has 0 saturated heterocycles. The molecule has 4 rings (SSSR count). The molecule has 0 aliphatic carbocycles. The third kappa shape index (κ3) is 2.27. The fraction of sp³-hybridized carbons (Fsp3) is 0.263. The maximum Gasteiger partial charge on any atom is 0.259 e. The highest BCUT2D eigenvalue weighted by Gasteiger charge is 2.32. The fourth-order valence-corrected chi connectivity index (χ4v) is 4.49. The number of carbonyl (C=O) groups is 1. The van der Waals surface area contributed by atoms with Gasteiger partial charge in [-0.2, -0.15) is 0 Å². The van der Waals surface area contributed by atoms with Crippen molar-refractivity contribution < 1.29 is 4.79 Å². The first-order valence-corrected chi connectivity index (χ1v) is 9.06. The van der Waals surface area contributed by atoms with Gasteiger partial charge in [0.2, 0.25) is 5.43 Å². The minimum atomic E-state index is -0.194. The van der Waals surface area contributed by atoms with Crippen LogP contribution in [0.3, 0.4) is 0 Å². The first-order chi connectivity index (χ1) is 11.7. The van der Waals surface area contributed by atoms with Crippen LogP contribution in [-0.2, 0) is 6.42 Å². The lowest BCUT2D eigenvalue weighted by molar-refractivity contribution is 0.0656. The van der Waals surface area contributed by atoms with E-state index in [1.54, 1.807) is 23.6 Å². The Morgan fingerprint density at radius 3 is 3.00 bits per heavy atom. The number of amides is 1. The van der Waals surface area contributed by atoms with E-state index in [-0.39, 0.29) is 22.9 Å². The van der Waals surface area contributed by atoms with E-state index in [9.17, 15) is 9.59 Å². The highest BCUT2D eigenvalue weighted by Crippen LogP contribution is 2.35. The highest BCUT2D eigenvalue weighted by molar-refractivity contribution is 7.10. The van der Waals surface area contributed by atoms with Crippen molar-refractivity contribution in [3.8, 4) is 0 Å². The number of nitrogens with zero attached hydrogens (tertiary/aromatic N) is 1. The molecule has 1 amide bonds. The molecule has 3 aromatic rings. The summed E-state index contributed by atoms with van der Waals surface area (Å²) in [5.74, 6) is -0.175. The van der Waals surface area contributed by atoms with Gasteiger partial charge >= 0.3 is 0 Å². The SMILES string of the molecule is CCC1c2ccsc2CCN1C(=O)c1c[nH]c2ccccc2c1=O. The van der Waals surface area contributed by atoms with E-state index < -0.39 is 0 Å². The van der Waals surface area contributed by atoms with Crippen molar-refractivity contribution in [1.29, 1.82) is 0 Å². The summed E-state index contributed by atoms with van der Waals surface area (Å²) < 4.78 is 0. The molecule has 1 atom stereocenters. The Morgan fingerprint density at radius 1 is 1.33 bits per heavy atom. The molecule has 122 valence electrons. The summed E-state index contributed by atoms with van der Waals surface area (Å²) in [6.45, 7) is 2.75. The molecule has 2 aromatic heterocycles. The van der Waals surface area contributed by atoms with Crippen LogP contribution in [0.25, 0.3) is 10.9 Å². The Hall–Kier alpha value is -2.40. The Morgan fingerprint density at radius 2 is 2.17 bits per heavy atom. The summed E-state index contributed by atoms with van der Waals surface area (Å²) in [7, 11) is 0. The number of benzene rings is 1. The molecule has 1 unspecified atom stereocenters. The number of nitrogens with one attached hydrogen (secondary N) is 1. The second kappa shape index (κ2) is 5.91. The van der Waals surface area contributed by atoms with Crippen LogP contribution in [0.1, 0.15) is 40.2 Å². The molecule has 1 N–H and O–H groups in total. The summed E-state index contributed by atoms with van der Waals surface area (Å²) in [6.07, 6.45) is 3.27. The topological polar surface area (TPSA) is 53.2 Å². The second-order valence-corrected chi connectivity index (χ2v) is 7.05. The molecule has 0 spiro atoms. The van der Waals surface area contributed by atoms with Gasteiger partial charge in [0.25, 0.3) is 5.91 Å². The van der Waals surface area contributed by atoms with Crippen molar-refractivity contribution >= 4 is 28.1 Å². The maximum atomic E-state index is 13.1. The molecule has 1 aliphatic rings. The van der Waals surface area contributed by atoms with E-state index in [2.05, 4.69) is 23.4 Å². The Balaban J connectivity index is 1.77. The van der Waals surface area contributed by atoms with Gasteiger partial charge in [0.1, 0.15) is 5.56 Å². The molecule has 1 aromatic carbocycles. The third-order valence-electron chi connectivity index (χ3n) is 4.76. The van der Waals surface area contributed by atoms with E-state index in [0.717, 1.165) is 18.4 Å². The number of para-hydroxylation sites is 1. The Labute approximate surface area is 143 Å². The van der Waals surface area contributed by atoms with Gasteiger partial charge in [-0.25, -0.2) is 0 Å². The van der Waals surface area contributed by atoms with Gasteiger partial charge < -0.3 is 9.88 Å². The van der Waals surface area contributed by atoms with Crippen LogP contribution in [0.2, 0.25) is 0 Å². The van der Waals surface area contributed by atoms with Crippen molar-refractivity contribution in [3.63, 3.8) is 0 Å². The van der Waals surface area contributed by atoms with Gasteiger partial charge in [0.05, 0.1) is 6.04 Å². The third-order valence-corrected chi connectivity index (χ3v) is 5.76. The summed E-state index contributed by atoms with van der Waals surface area (Å²) in [4.78, 5) is 32.1. The lowest BCUT2D eigenvalue weighted by atomic mass is 9.97. The predicted molar refractivity (Wildman–Crippen MR) is 96.7 cm³/mol. The fourth-order valence-electron chi connectivity index (χ4n) is 3.56. The van der Waals surface area contributed by atoms with Crippen molar-refractivity contribution in [2.45, 2.75) is 25.8 Å². The molecule has 0 saturated carbocycles. The minimum Gasteiger partial charge on any atom is -0.360 e. The predicted octanol–water partition coefficient (Wildman–Crippen LogP) is 3.74. The van der Waals surface area contributed by atoms with Crippen LogP contribution in [0.4, 0.5) is 0 Å². The van der Waals surface area contributed by atoms with Crippen molar-refractivity contribution in [2.75, 3.05) is 6.54 Å². The maximum absolute atomic E-state index is 13.1. The zero-order valence-electron chi connectivity index (χ0n) is 13.4. The summed E-state index contributed by atoms with van der Waals surface area (Å²) in [6, 6.07) is 9.46. The molecule has 5 heteroatoms.